The number of piperazine rings is 1. The fourth-order valence-corrected chi connectivity index (χ4v) is 4.56. The Morgan fingerprint density at radius 3 is 2.50 bits per heavy atom. The van der Waals surface area contributed by atoms with Crippen LogP contribution in [0, 0.1) is 0 Å². The molecule has 1 saturated heterocycles. The van der Waals surface area contributed by atoms with Crippen molar-refractivity contribution in [2.24, 2.45) is 0 Å². The lowest BCUT2D eigenvalue weighted by Gasteiger charge is -2.36. The number of nitrogens with one attached hydrogen (secondary N) is 2. The molecule has 2 aliphatic rings. The van der Waals surface area contributed by atoms with E-state index in [1.807, 2.05) is 12.1 Å². The third-order valence-electron chi connectivity index (χ3n) is 5.92. The molecule has 2 N–H and O–H groups in total. The van der Waals surface area contributed by atoms with Gasteiger partial charge in [0.15, 0.2) is 0 Å². The Hall–Kier alpha value is -2.84. The predicted octanol–water partition coefficient (Wildman–Crippen LogP) is 3.74. The maximum absolute atomic E-state index is 12.3. The summed E-state index contributed by atoms with van der Waals surface area (Å²) in [4.78, 5) is 21.7. The van der Waals surface area contributed by atoms with Gasteiger partial charge in [0.1, 0.15) is 5.82 Å². The van der Waals surface area contributed by atoms with Crippen molar-refractivity contribution in [2.75, 3.05) is 42.1 Å². The lowest BCUT2D eigenvalue weighted by Crippen LogP contribution is -2.45. The number of nitrogens with zero attached hydrogens (tertiary/aromatic N) is 4. The van der Waals surface area contributed by atoms with Gasteiger partial charge in [-0.3, -0.25) is 14.8 Å². The van der Waals surface area contributed by atoms with Crippen LogP contribution in [0.1, 0.15) is 30.1 Å². The first-order valence-electron chi connectivity index (χ1n) is 11.2. The number of rotatable bonds is 8. The third-order valence-corrected chi connectivity index (χ3v) is 6.76. The lowest BCUT2D eigenvalue weighted by atomic mass is 10.2. The average molecular weight is 449 g/mol. The molecular formula is C24H28N6OS. The van der Waals surface area contributed by atoms with Crippen LogP contribution in [0.4, 0.5) is 11.4 Å². The maximum Gasteiger partial charge on any atom is 0.234 e. The third kappa shape index (κ3) is 5.49. The fourth-order valence-electron chi connectivity index (χ4n) is 3.95. The van der Waals surface area contributed by atoms with E-state index in [-0.39, 0.29) is 5.91 Å². The molecule has 2 aromatic carbocycles. The summed E-state index contributed by atoms with van der Waals surface area (Å²) in [6.45, 7) is 5.12. The monoisotopic (exact) mass is 448 g/mol. The summed E-state index contributed by atoms with van der Waals surface area (Å²) in [6.07, 6.45) is 2.36. The smallest absolute Gasteiger partial charge is 0.234 e. The molecule has 1 aromatic heterocycles. The SMILES string of the molecule is O=C(CSc1n[nH]c(C2CC2)n1)Nc1ccc(N2CCN(Cc3ccccc3)CC2)cc1. The van der Waals surface area contributed by atoms with Gasteiger partial charge < -0.3 is 10.2 Å². The summed E-state index contributed by atoms with van der Waals surface area (Å²) in [6, 6.07) is 18.8. The van der Waals surface area contributed by atoms with Crippen LogP contribution in [0.5, 0.6) is 0 Å². The molecule has 0 bridgehead atoms. The summed E-state index contributed by atoms with van der Waals surface area (Å²) < 4.78 is 0. The van der Waals surface area contributed by atoms with Crippen molar-refractivity contribution in [2.45, 2.75) is 30.5 Å². The number of anilines is 2. The van der Waals surface area contributed by atoms with Gasteiger partial charge in [-0.25, -0.2) is 4.98 Å². The second kappa shape index (κ2) is 9.75. The van der Waals surface area contributed by atoms with Gasteiger partial charge in [-0.2, -0.15) is 0 Å². The zero-order valence-electron chi connectivity index (χ0n) is 18.0. The number of hydrogen-bond acceptors (Lipinski definition) is 6. The molecule has 1 amide bonds. The largest absolute Gasteiger partial charge is 0.369 e. The predicted molar refractivity (Wildman–Crippen MR) is 128 cm³/mol. The summed E-state index contributed by atoms with van der Waals surface area (Å²) >= 11 is 1.36. The number of aromatic nitrogens is 3. The topological polar surface area (TPSA) is 77.1 Å². The number of amides is 1. The van der Waals surface area contributed by atoms with Crippen molar-refractivity contribution in [3.05, 3.63) is 66.0 Å². The molecule has 2 heterocycles. The van der Waals surface area contributed by atoms with Gasteiger partial charge in [0, 0.05) is 50.0 Å². The van der Waals surface area contributed by atoms with E-state index >= 15 is 0 Å². The van der Waals surface area contributed by atoms with Gasteiger partial charge >= 0.3 is 0 Å². The average Bonchev–Trinajstić information content (AvgIpc) is 3.57. The Morgan fingerprint density at radius 2 is 1.78 bits per heavy atom. The van der Waals surface area contributed by atoms with E-state index in [0.29, 0.717) is 16.8 Å². The van der Waals surface area contributed by atoms with E-state index in [9.17, 15) is 4.79 Å². The molecule has 0 radical (unpaired) electrons. The van der Waals surface area contributed by atoms with Crippen molar-refractivity contribution >= 4 is 29.0 Å². The Kier molecular flexibility index (Phi) is 6.41. The normalized spacial score (nSPS) is 16.8. The van der Waals surface area contributed by atoms with Crippen LogP contribution in [0.3, 0.4) is 0 Å². The van der Waals surface area contributed by atoms with Crippen LogP contribution in [-0.4, -0.2) is 57.9 Å². The van der Waals surface area contributed by atoms with Gasteiger partial charge in [-0.05, 0) is 42.7 Å². The molecule has 0 atom stereocenters. The zero-order valence-corrected chi connectivity index (χ0v) is 18.9. The van der Waals surface area contributed by atoms with E-state index in [1.54, 1.807) is 0 Å². The molecule has 5 rings (SSSR count). The van der Waals surface area contributed by atoms with Crippen molar-refractivity contribution in [1.29, 1.82) is 0 Å². The van der Waals surface area contributed by atoms with Crippen LogP contribution in [0.15, 0.2) is 59.8 Å². The summed E-state index contributed by atoms with van der Waals surface area (Å²) in [7, 11) is 0. The Bertz CT molecular complexity index is 1030. The Morgan fingerprint density at radius 1 is 1.03 bits per heavy atom. The second-order valence-corrected chi connectivity index (χ2v) is 9.35. The maximum atomic E-state index is 12.3. The van der Waals surface area contributed by atoms with Crippen molar-refractivity contribution in [3.63, 3.8) is 0 Å². The number of carbonyl (C=O) groups is 1. The molecule has 166 valence electrons. The van der Waals surface area contributed by atoms with Crippen LogP contribution < -0.4 is 10.2 Å². The highest BCUT2D eigenvalue weighted by Crippen LogP contribution is 2.38. The van der Waals surface area contributed by atoms with E-state index in [1.165, 1.54) is 35.9 Å². The number of hydrogen-bond donors (Lipinski definition) is 2. The van der Waals surface area contributed by atoms with E-state index in [2.05, 4.69) is 72.8 Å². The fraction of sp³-hybridized carbons (Fsp3) is 0.375. The van der Waals surface area contributed by atoms with Gasteiger partial charge in [-0.15, -0.1) is 5.10 Å². The first-order chi connectivity index (χ1) is 15.7. The molecule has 1 aliphatic carbocycles. The molecule has 8 heteroatoms. The van der Waals surface area contributed by atoms with E-state index in [4.69, 9.17) is 0 Å². The van der Waals surface area contributed by atoms with Gasteiger partial charge in [0.05, 0.1) is 5.75 Å². The minimum Gasteiger partial charge on any atom is -0.369 e. The molecular weight excluding hydrogens is 420 g/mol. The number of H-pyrrole nitrogens is 1. The second-order valence-electron chi connectivity index (χ2n) is 8.41. The van der Waals surface area contributed by atoms with Crippen molar-refractivity contribution in [3.8, 4) is 0 Å². The number of carbonyl (C=O) groups excluding carboxylic acids is 1. The first kappa shape index (κ1) is 21.0. The number of aromatic amines is 1. The molecule has 1 aliphatic heterocycles. The van der Waals surface area contributed by atoms with Crippen LogP contribution in [0.2, 0.25) is 0 Å². The quantitative estimate of drug-likeness (QED) is 0.512. The van der Waals surface area contributed by atoms with Crippen LogP contribution in [-0.2, 0) is 11.3 Å². The molecule has 0 unspecified atom stereocenters. The lowest BCUT2D eigenvalue weighted by molar-refractivity contribution is -0.113. The summed E-state index contributed by atoms with van der Waals surface area (Å²) in [5.41, 5.74) is 3.38. The summed E-state index contributed by atoms with van der Waals surface area (Å²) in [5.74, 6) is 1.74. The number of thioether (sulfide) groups is 1. The van der Waals surface area contributed by atoms with Crippen LogP contribution in [0.25, 0.3) is 0 Å². The highest BCUT2D eigenvalue weighted by atomic mass is 32.2. The van der Waals surface area contributed by atoms with E-state index < -0.39 is 0 Å². The highest BCUT2D eigenvalue weighted by molar-refractivity contribution is 7.99. The minimum atomic E-state index is -0.0463. The minimum absolute atomic E-state index is 0.0463. The Balaban J connectivity index is 1.06. The highest BCUT2D eigenvalue weighted by Gasteiger charge is 2.27. The van der Waals surface area contributed by atoms with Gasteiger partial charge in [0.25, 0.3) is 0 Å². The zero-order chi connectivity index (χ0) is 21.8. The first-order valence-corrected chi connectivity index (χ1v) is 12.2. The van der Waals surface area contributed by atoms with E-state index in [0.717, 1.165) is 44.2 Å². The molecule has 7 nitrogen and oxygen atoms in total. The molecule has 3 aromatic rings. The standard InChI is InChI=1S/C24H28N6OS/c31-22(17-32-24-26-23(27-28-24)19-6-7-19)25-20-8-10-21(11-9-20)30-14-12-29(13-15-30)16-18-4-2-1-3-5-18/h1-5,8-11,19H,6-7,12-17H2,(H,25,31)(H,26,27,28). The van der Waals surface area contributed by atoms with Crippen molar-refractivity contribution < 1.29 is 4.79 Å². The van der Waals surface area contributed by atoms with Crippen molar-refractivity contribution in [1.82, 2.24) is 20.1 Å². The molecule has 1 saturated carbocycles. The van der Waals surface area contributed by atoms with Gasteiger partial charge in [-0.1, -0.05) is 42.1 Å². The van der Waals surface area contributed by atoms with Crippen LogP contribution >= 0.6 is 11.8 Å². The van der Waals surface area contributed by atoms with Gasteiger partial charge in [0.2, 0.25) is 11.1 Å². The molecule has 32 heavy (non-hydrogen) atoms. The number of benzene rings is 2. The summed E-state index contributed by atoms with van der Waals surface area (Å²) in [5, 5.41) is 10.8. The molecule has 2 fully saturated rings. The molecule has 0 spiro atoms. The Labute approximate surface area is 192 Å².